The molecule has 2 heterocycles. The molecule has 24 heavy (non-hydrogen) atoms. The highest BCUT2D eigenvalue weighted by molar-refractivity contribution is 5.97. The molecule has 0 aromatic heterocycles. The van der Waals surface area contributed by atoms with Gasteiger partial charge in [0.1, 0.15) is 0 Å². The Labute approximate surface area is 148 Å². The van der Waals surface area contributed by atoms with Crippen LogP contribution in [0.3, 0.4) is 0 Å². The van der Waals surface area contributed by atoms with Gasteiger partial charge >= 0.3 is 0 Å². The average Bonchev–Trinajstić information content (AvgIpc) is 3.02. The number of nitrogens with two attached hydrogens (primary N) is 1. The van der Waals surface area contributed by atoms with E-state index in [4.69, 9.17) is 10.5 Å². The zero-order valence-electron chi connectivity index (χ0n) is 13.6. The molecular formula is C17H24ClN3O3. The summed E-state index contributed by atoms with van der Waals surface area (Å²) in [4.78, 5) is 26.1. The smallest absolute Gasteiger partial charge is 0.232 e. The topological polar surface area (TPSA) is 84.7 Å². The second-order valence-corrected chi connectivity index (χ2v) is 6.25. The third kappa shape index (κ3) is 3.71. The molecule has 3 N–H and O–H groups in total. The largest absolute Gasteiger partial charge is 0.381 e. The molecule has 0 atom stereocenters. The molecule has 2 amide bonds. The van der Waals surface area contributed by atoms with E-state index in [1.54, 1.807) is 4.90 Å². The van der Waals surface area contributed by atoms with Crippen molar-refractivity contribution >= 4 is 35.6 Å². The van der Waals surface area contributed by atoms with E-state index < -0.39 is 5.41 Å². The number of nitrogens with zero attached hydrogens (tertiary/aromatic N) is 1. The minimum absolute atomic E-state index is 0. The van der Waals surface area contributed by atoms with Crippen LogP contribution in [0.25, 0.3) is 0 Å². The Morgan fingerprint density at radius 2 is 1.92 bits per heavy atom. The van der Waals surface area contributed by atoms with Crippen molar-refractivity contribution in [3.05, 3.63) is 24.3 Å². The van der Waals surface area contributed by atoms with Crippen molar-refractivity contribution < 1.29 is 14.3 Å². The Kier molecular flexibility index (Phi) is 6.21. The number of carbonyl (C=O) groups is 2. The highest BCUT2D eigenvalue weighted by Crippen LogP contribution is 2.31. The fourth-order valence-corrected chi connectivity index (χ4v) is 3.20. The number of benzene rings is 1. The molecular weight excluding hydrogens is 330 g/mol. The van der Waals surface area contributed by atoms with Crippen LogP contribution in [0.2, 0.25) is 0 Å². The summed E-state index contributed by atoms with van der Waals surface area (Å²) in [7, 11) is 0. The molecule has 2 aliphatic heterocycles. The fourth-order valence-electron chi connectivity index (χ4n) is 3.20. The van der Waals surface area contributed by atoms with Gasteiger partial charge in [-0.2, -0.15) is 0 Å². The Balaban J connectivity index is 0.00000208. The molecule has 6 nitrogen and oxygen atoms in total. The SMILES string of the molecule is Cl.NCC1(C(=O)Nc2ccc(N3CCCC3=O)cc2)CCOCC1. The quantitative estimate of drug-likeness (QED) is 0.866. The minimum atomic E-state index is -0.540. The number of amides is 2. The third-order valence-corrected chi connectivity index (χ3v) is 4.83. The van der Waals surface area contributed by atoms with E-state index >= 15 is 0 Å². The van der Waals surface area contributed by atoms with E-state index in [-0.39, 0.29) is 24.2 Å². The van der Waals surface area contributed by atoms with E-state index in [2.05, 4.69) is 5.32 Å². The number of hydrogen-bond donors (Lipinski definition) is 2. The molecule has 7 heteroatoms. The maximum absolute atomic E-state index is 12.6. The lowest BCUT2D eigenvalue weighted by atomic mass is 9.79. The molecule has 1 aromatic rings. The molecule has 0 aliphatic carbocycles. The lowest BCUT2D eigenvalue weighted by Gasteiger charge is -2.34. The van der Waals surface area contributed by atoms with Crippen LogP contribution in [0, 0.1) is 5.41 Å². The minimum Gasteiger partial charge on any atom is -0.381 e. The van der Waals surface area contributed by atoms with Crippen molar-refractivity contribution in [2.45, 2.75) is 25.7 Å². The second kappa shape index (κ2) is 7.96. The lowest BCUT2D eigenvalue weighted by Crippen LogP contribution is -2.46. The predicted molar refractivity (Wildman–Crippen MR) is 95.4 cm³/mol. The first-order valence-electron chi connectivity index (χ1n) is 8.14. The van der Waals surface area contributed by atoms with Crippen molar-refractivity contribution in [1.82, 2.24) is 0 Å². The van der Waals surface area contributed by atoms with Crippen molar-refractivity contribution in [3.63, 3.8) is 0 Å². The van der Waals surface area contributed by atoms with Crippen LogP contribution < -0.4 is 16.0 Å². The van der Waals surface area contributed by atoms with Gasteiger partial charge in [0.25, 0.3) is 0 Å². The summed E-state index contributed by atoms with van der Waals surface area (Å²) in [6, 6.07) is 7.42. The monoisotopic (exact) mass is 353 g/mol. The maximum Gasteiger partial charge on any atom is 0.232 e. The summed E-state index contributed by atoms with van der Waals surface area (Å²) in [6.07, 6.45) is 2.81. The van der Waals surface area contributed by atoms with Gasteiger partial charge < -0.3 is 20.7 Å². The zero-order chi connectivity index (χ0) is 16.3. The number of halogens is 1. The molecule has 132 valence electrons. The molecule has 0 spiro atoms. The number of nitrogens with one attached hydrogen (secondary N) is 1. The Morgan fingerprint density at radius 3 is 2.46 bits per heavy atom. The van der Waals surface area contributed by atoms with Crippen molar-refractivity contribution in [1.29, 1.82) is 0 Å². The van der Waals surface area contributed by atoms with E-state index in [9.17, 15) is 9.59 Å². The molecule has 1 aromatic carbocycles. The van der Waals surface area contributed by atoms with Crippen LogP contribution in [0.5, 0.6) is 0 Å². The highest BCUT2D eigenvalue weighted by Gasteiger charge is 2.38. The first kappa shape index (κ1) is 18.7. The van der Waals surface area contributed by atoms with E-state index in [0.717, 1.165) is 24.3 Å². The van der Waals surface area contributed by atoms with Gasteiger partial charge in [-0.1, -0.05) is 0 Å². The molecule has 0 radical (unpaired) electrons. The standard InChI is InChI=1S/C17H23N3O3.ClH/c18-12-17(7-10-23-11-8-17)16(22)19-13-3-5-14(6-4-13)20-9-1-2-15(20)21;/h3-6H,1-2,7-12,18H2,(H,19,22);1H. The summed E-state index contributed by atoms with van der Waals surface area (Å²) >= 11 is 0. The van der Waals surface area contributed by atoms with Crippen LogP contribution in [0.4, 0.5) is 11.4 Å². The number of hydrogen-bond acceptors (Lipinski definition) is 4. The van der Waals surface area contributed by atoms with Crippen LogP contribution in [-0.4, -0.2) is 38.1 Å². The second-order valence-electron chi connectivity index (χ2n) is 6.25. The van der Waals surface area contributed by atoms with Crippen molar-refractivity contribution in [2.75, 3.05) is 36.5 Å². The highest BCUT2D eigenvalue weighted by atomic mass is 35.5. The number of ether oxygens (including phenoxy) is 1. The molecule has 3 rings (SSSR count). The van der Waals surface area contributed by atoms with Gasteiger partial charge in [-0.3, -0.25) is 9.59 Å². The number of anilines is 2. The molecule has 2 saturated heterocycles. The Morgan fingerprint density at radius 1 is 1.25 bits per heavy atom. The van der Waals surface area contributed by atoms with Gasteiger partial charge in [-0.25, -0.2) is 0 Å². The predicted octanol–water partition coefficient (Wildman–Crippen LogP) is 1.93. The number of carbonyl (C=O) groups excluding carboxylic acids is 2. The lowest BCUT2D eigenvalue weighted by molar-refractivity contribution is -0.130. The summed E-state index contributed by atoms with van der Waals surface area (Å²) in [5.41, 5.74) is 6.92. The van der Waals surface area contributed by atoms with Gasteiger partial charge in [-0.05, 0) is 43.5 Å². The third-order valence-electron chi connectivity index (χ3n) is 4.83. The summed E-state index contributed by atoms with van der Waals surface area (Å²) in [5, 5.41) is 2.95. The van der Waals surface area contributed by atoms with Crippen molar-refractivity contribution in [3.8, 4) is 0 Å². The normalized spacial score (nSPS) is 19.7. The Bertz CT molecular complexity index is 585. The van der Waals surface area contributed by atoms with Crippen LogP contribution in [-0.2, 0) is 14.3 Å². The maximum atomic E-state index is 12.6. The van der Waals surface area contributed by atoms with Gasteiger partial charge in [0.2, 0.25) is 11.8 Å². The molecule has 0 unspecified atom stereocenters. The van der Waals surface area contributed by atoms with Crippen molar-refractivity contribution in [2.24, 2.45) is 11.1 Å². The first-order chi connectivity index (χ1) is 11.1. The molecule has 2 aliphatic rings. The summed E-state index contributed by atoms with van der Waals surface area (Å²) in [5.74, 6) is 0.111. The van der Waals surface area contributed by atoms with E-state index in [0.29, 0.717) is 39.0 Å². The van der Waals surface area contributed by atoms with Gasteiger partial charge in [0.05, 0.1) is 5.41 Å². The van der Waals surface area contributed by atoms with E-state index in [1.165, 1.54) is 0 Å². The van der Waals surface area contributed by atoms with Crippen LogP contribution in [0.1, 0.15) is 25.7 Å². The van der Waals surface area contributed by atoms with Crippen LogP contribution in [0.15, 0.2) is 24.3 Å². The molecule has 0 bridgehead atoms. The fraction of sp³-hybridized carbons (Fsp3) is 0.529. The zero-order valence-corrected chi connectivity index (χ0v) is 14.4. The Hall–Kier alpha value is -1.63. The molecule has 2 fully saturated rings. The molecule has 0 saturated carbocycles. The van der Waals surface area contributed by atoms with Gasteiger partial charge in [0.15, 0.2) is 0 Å². The van der Waals surface area contributed by atoms with E-state index in [1.807, 2.05) is 24.3 Å². The number of rotatable bonds is 4. The van der Waals surface area contributed by atoms with Gasteiger partial charge in [-0.15, -0.1) is 12.4 Å². The van der Waals surface area contributed by atoms with Crippen LogP contribution >= 0.6 is 12.4 Å². The van der Waals surface area contributed by atoms with Gasteiger partial charge in [0, 0.05) is 44.1 Å². The summed E-state index contributed by atoms with van der Waals surface area (Å²) in [6.45, 7) is 2.23. The first-order valence-corrected chi connectivity index (χ1v) is 8.14. The average molecular weight is 354 g/mol. The summed E-state index contributed by atoms with van der Waals surface area (Å²) < 4.78 is 5.34.